The van der Waals surface area contributed by atoms with Gasteiger partial charge in [0.05, 0.1) is 16.8 Å². The zero-order chi connectivity index (χ0) is 15.0. The van der Waals surface area contributed by atoms with E-state index in [4.69, 9.17) is 4.42 Å². The summed E-state index contributed by atoms with van der Waals surface area (Å²) < 4.78 is 5.80. The third-order valence-electron chi connectivity index (χ3n) is 4.03. The molecule has 0 spiro atoms. The predicted molar refractivity (Wildman–Crippen MR) is 89.1 cm³/mol. The molecule has 5 heteroatoms. The van der Waals surface area contributed by atoms with Gasteiger partial charge in [-0.1, -0.05) is 12.1 Å². The molecule has 3 heterocycles. The second-order valence-electron chi connectivity index (χ2n) is 5.49. The Kier molecular flexibility index (Phi) is 3.39. The molecule has 0 atom stereocenters. The van der Waals surface area contributed by atoms with Crippen LogP contribution in [0.3, 0.4) is 0 Å². The van der Waals surface area contributed by atoms with Crippen molar-refractivity contribution in [1.82, 2.24) is 5.32 Å². The smallest absolute Gasteiger partial charge is 0.231 e. The summed E-state index contributed by atoms with van der Waals surface area (Å²) in [6.45, 7) is 0.442. The predicted octanol–water partition coefficient (Wildman–Crippen LogP) is 4.42. The maximum atomic E-state index is 12.5. The van der Waals surface area contributed by atoms with Gasteiger partial charge in [0.15, 0.2) is 0 Å². The quantitative estimate of drug-likeness (QED) is 0.753. The van der Waals surface area contributed by atoms with Crippen molar-refractivity contribution >= 4 is 28.6 Å². The van der Waals surface area contributed by atoms with Gasteiger partial charge in [-0.3, -0.25) is 4.79 Å². The van der Waals surface area contributed by atoms with Gasteiger partial charge in [0.2, 0.25) is 5.91 Å². The van der Waals surface area contributed by atoms with E-state index in [-0.39, 0.29) is 11.3 Å². The van der Waals surface area contributed by atoms with Crippen molar-refractivity contribution in [3.63, 3.8) is 0 Å². The van der Waals surface area contributed by atoms with Crippen molar-refractivity contribution < 1.29 is 9.21 Å². The lowest BCUT2D eigenvalue weighted by Crippen LogP contribution is -2.33. The summed E-state index contributed by atoms with van der Waals surface area (Å²) in [6, 6.07) is 12.0. The van der Waals surface area contributed by atoms with Crippen molar-refractivity contribution in [1.29, 1.82) is 0 Å². The average Bonchev–Trinajstić information content (AvgIpc) is 3.05. The van der Waals surface area contributed by atoms with Crippen LogP contribution in [0.15, 0.2) is 51.6 Å². The molecule has 0 radical (unpaired) electrons. The fraction of sp³-hybridized carbons (Fsp3) is 0.235. The van der Waals surface area contributed by atoms with Crippen molar-refractivity contribution in [3.05, 3.63) is 57.8 Å². The van der Waals surface area contributed by atoms with E-state index in [2.05, 4.69) is 11.4 Å². The van der Waals surface area contributed by atoms with Gasteiger partial charge in [-0.25, -0.2) is 0 Å². The summed E-state index contributed by atoms with van der Waals surface area (Å²) in [6.07, 6.45) is 1.88. The molecule has 1 fully saturated rings. The number of carbonyl (C=O) groups excluding carboxylic acids is 1. The van der Waals surface area contributed by atoms with Gasteiger partial charge < -0.3 is 9.73 Å². The molecule has 1 N–H and O–H groups in total. The van der Waals surface area contributed by atoms with Gasteiger partial charge in [-0.15, -0.1) is 22.7 Å². The minimum absolute atomic E-state index is 0.115. The van der Waals surface area contributed by atoms with E-state index in [0.29, 0.717) is 6.54 Å². The first kappa shape index (κ1) is 13.8. The molecule has 0 aromatic carbocycles. The fourth-order valence-corrected chi connectivity index (χ4v) is 4.29. The number of nitrogens with one attached hydrogen (secondary N) is 1. The molecule has 1 amide bonds. The Hall–Kier alpha value is -1.85. The summed E-state index contributed by atoms with van der Waals surface area (Å²) in [4.78, 5) is 14.8. The van der Waals surface area contributed by atoms with Crippen LogP contribution in [0.4, 0.5) is 0 Å². The van der Waals surface area contributed by atoms with Crippen LogP contribution in [-0.4, -0.2) is 5.91 Å². The van der Waals surface area contributed by atoms with Gasteiger partial charge in [0.25, 0.3) is 0 Å². The largest absolute Gasteiger partial charge is 0.458 e. The van der Waals surface area contributed by atoms with Crippen LogP contribution >= 0.6 is 22.7 Å². The van der Waals surface area contributed by atoms with Crippen LogP contribution in [0, 0.1) is 0 Å². The van der Waals surface area contributed by atoms with E-state index < -0.39 is 0 Å². The van der Waals surface area contributed by atoms with Crippen LogP contribution < -0.4 is 5.32 Å². The van der Waals surface area contributed by atoms with E-state index >= 15 is 0 Å². The first-order valence-electron chi connectivity index (χ1n) is 7.23. The fourth-order valence-electron chi connectivity index (χ4n) is 2.62. The molecule has 0 aliphatic heterocycles. The first-order chi connectivity index (χ1) is 10.8. The van der Waals surface area contributed by atoms with Gasteiger partial charge >= 0.3 is 0 Å². The van der Waals surface area contributed by atoms with Gasteiger partial charge in [0, 0.05) is 4.88 Å². The molecular weight excluding hydrogens is 314 g/mol. The van der Waals surface area contributed by atoms with Crippen LogP contribution in [-0.2, 0) is 16.8 Å². The topological polar surface area (TPSA) is 42.2 Å². The van der Waals surface area contributed by atoms with Crippen LogP contribution in [0.2, 0.25) is 0 Å². The second kappa shape index (κ2) is 5.41. The van der Waals surface area contributed by atoms with Gasteiger partial charge in [-0.2, -0.15) is 0 Å². The summed E-state index contributed by atoms with van der Waals surface area (Å²) in [5.41, 5.74) is -0.280. The Balaban J connectivity index is 1.42. The minimum atomic E-state index is -0.280. The summed E-state index contributed by atoms with van der Waals surface area (Å²) in [5, 5.41) is 7.08. The lowest BCUT2D eigenvalue weighted by Gasteiger charge is -2.12. The monoisotopic (exact) mass is 329 g/mol. The number of thiophene rings is 2. The van der Waals surface area contributed by atoms with Crippen molar-refractivity contribution in [2.24, 2.45) is 0 Å². The molecule has 0 bridgehead atoms. The average molecular weight is 329 g/mol. The third kappa shape index (κ3) is 2.40. The Labute approximate surface area is 136 Å². The maximum absolute atomic E-state index is 12.5. The summed E-state index contributed by atoms with van der Waals surface area (Å²) >= 11 is 3.31. The Morgan fingerprint density at radius 1 is 1.14 bits per heavy atom. The number of amides is 1. The number of hydrogen-bond acceptors (Lipinski definition) is 4. The molecule has 1 saturated carbocycles. The highest BCUT2D eigenvalue weighted by atomic mass is 32.1. The van der Waals surface area contributed by atoms with E-state index in [9.17, 15) is 4.79 Å². The highest BCUT2D eigenvalue weighted by Crippen LogP contribution is 2.50. The Morgan fingerprint density at radius 3 is 2.64 bits per heavy atom. The molecule has 0 saturated heterocycles. The molecule has 1 aliphatic carbocycles. The number of furan rings is 1. The molecule has 0 unspecified atom stereocenters. The highest BCUT2D eigenvalue weighted by molar-refractivity contribution is 7.13. The molecular formula is C17H15NO2S2. The molecule has 3 aromatic heterocycles. The third-order valence-corrected chi connectivity index (χ3v) is 5.98. The van der Waals surface area contributed by atoms with Gasteiger partial charge in [0.1, 0.15) is 11.5 Å². The molecule has 1 aliphatic rings. The SMILES string of the molecule is O=C(NCc1ccc(-c2cccs2)o1)C1(c2cccs2)CC1. The maximum Gasteiger partial charge on any atom is 0.231 e. The first-order valence-corrected chi connectivity index (χ1v) is 8.99. The molecule has 3 nitrogen and oxygen atoms in total. The van der Waals surface area contributed by atoms with E-state index in [1.807, 2.05) is 41.1 Å². The number of carbonyl (C=O) groups is 1. The van der Waals surface area contributed by atoms with E-state index in [0.717, 1.165) is 29.2 Å². The van der Waals surface area contributed by atoms with Crippen molar-refractivity contribution in [3.8, 4) is 10.6 Å². The highest BCUT2D eigenvalue weighted by Gasteiger charge is 2.51. The normalized spacial score (nSPS) is 15.6. The molecule has 3 aromatic rings. The van der Waals surface area contributed by atoms with Crippen LogP contribution in [0.5, 0.6) is 0 Å². The molecule has 4 rings (SSSR count). The molecule has 22 heavy (non-hydrogen) atoms. The standard InChI is InChI=1S/C17H15NO2S2/c19-16(17(7-8-17)15-4-2-10-22-15)18-11-12-5-6-13(20-12)14-3-1-9-21-14/h1-6,9-10H,7-8,11H2,(H,18,19). The lowest BCUT2D eigenvalue weighted by atomic mass is 10.0. The second-order valence-corrected chi connectivity index (χ2v) is 7.38. The lowest BCUT2D eigenvalue weighted by molar-refractivity contribution is -0.123. The van der Waals surface area contributed by atoms with Crippen molar-refractivity contribution in [2.75, 3.05) is 0 Å². The minimum Gasteiger partial charge on any atom is -0.458 e. The number of hydrogen-bond donors (Lipinski definition) is 1. The zero-order valence-corrected chi connectivity index (χ0v) is 13.5. The zero-order valence-electron chi connectivity index (χ0n) is 11.9. The molecule has 112 valence electrons. The van der Waals surface area contributed by atoms with Crippen molar-refractivity contribution in [2.45, 2.75) is 24.8 Å². The van der Waals surface area contributed by atoms with E-state index in [1.54, 1.807) is 22.7 Å². The van der Waals surface area contributed by atoms with Crippen LogP contribution in [0.25, 0.3) is 10.6 Å². The van der Waals surface area contributed by atoms with Gasteiger partial charge in [-0.05, 0) is 47.9 Å². The Bertz CT molecular complexity index is 768. The summed E-state index contributed by atoms with van der Waals surface area (Å²) in [5.74, 6) is 1.77. The number of rotatable bonds is 5. The van der Waals surface area contributed by atoms with E-state index in [1.165, 1.54) is 4.88 Å². The van der Waals surface area contributed by atoms with Crippen LogP contribution in [0.1, 0.15) is 23.5 Å². The summed E-state index contributed by atoms with van der Waals surface area (Å²) in [7, 11) is 0. The Morgan fingerprint density at radius 2 is 1.95 bits per heavy atom.